The fourth-order valence-electron chi connectivity index (χ4n) is 3.78. The van der Waals surface area contributed by atoms with Crippen molar-refractivity contribution in [3.8, 4) is 0 Å². The van der Waals surface area contributed by atoms with E-state index >= 15 is 0 Å². The SMILES string of the molecule is Cc1cccc(NC(=O)CCN2C(=O)/C(=C3\SC(=S)N(CCC(=O)Nc4cccc(C)c4)C3=O)SC2=S)c1. The number of amides is 4. The lowest BCUT2D eigenvalue weighted by Gasteiger charge is -2.15. The lowest BCUT2D eigenvalue weighted by molar-refractivity contribution is -0.125. The van der Waals surface area contributed by atoms with Gasteiger partial charge in [0.15, 0.2) is 0 Å². The number of carbonyl (C=O) groups is 4. The van der Waals surface area contributed by atoms with E-state index in [-0.39, 0.29) is 56.2 Å². The van der Waals surface area contributed by atoms with Crippen LogP contribution in [0.3, 0.4) is 0 Å². The smallest absolute Gasteiger partial charge is 0.267 e. The highest BCUT2D eigenvalue weighted by atomic mass is 32.2. The van der Waals surface area contributed by atoms with Crippen molar-refractivity contribution in [1.82, 2.24) is 9.80 Å². The minimum Gasteiger partial charge on any atom is -0.326 e. The maximum absolute atomic E-state index is 13.1. The van der Waals surface area contributed by atoms with Crippen molar-refractivity contribution in [1.29, 1.82) is 0 Å². The van der Waals surface area contributed by atoms with Gasteiger partial charge in [0.2, 0.25) is 11.8 Å². The van der Waals surface area contributed by atoms with E-state index in [1.54, 1.807) is 12.1 Å². The number of thioether (sulfide) groups is 2. The van der Waals surface area contributed by atoms with Crippen LogP contribution >= 0.6 is 48.0 Å². The first kappa shape index (κ1) is 28.0. The number of carbonyl (C=O) groups excluding carboxylic acids is 4. The molecule has 0 radical (unpaired) electrons. The van der Waals surface area contributed by atoms with Gasteiger partial charge in [-0.1, -0.05) is 72.2 Å². The van der Waals surface area contributed by atoms with Crippen molar-refractivity contribution < 1.29 is 19.2 Å². The summed E-state index contributed by atoms with van der Waals surface area (Å²) in [7, 11) is 0. The molecule has 38 heavy (non-hydrogen) atoms. The van der Waals surface area contributed by atoms with Gasteiger partial charge < -0.3 is 10.6 Å². The van der Waals surface area contributed by atoms with Crippen molar-refractivity contribution in [2.24, 2.45) is 0 Å². The van der Waals surface area contributed by atoms with Crippen molar-refractivity contribution in [3.05, 3.63) is 69.5 Å². The minimum atomic E-state index is -0.430. The van der Waals surface area contributed by atoms with E-state index in [2.05, 4.69) is 10.6 Å². The Balaban J connectivity index is 1.35. The fraction of sp³-hybridized carbons (Fsp3) is 0.231. The first-order valence-electron chi connectivity index (χ1n) is 11.7. The van der Waals surface area contributed by atoms with Crippen LogP contribution in [-0.2, 0) is 19.2 Å². The summed E-state index contributed by atoms with van der Waals surface area (Å²) in [5, 5.41) is 5.62. The Hall–Kier alpha value is -3.06. The van der Waals surface area contributed by atoms with Gasteiger partial charge in [-0.15, -0.1) is 0 Å². The molecule has 2 aromatic rings. The van der Waals surface area contributed by atoms with E-state index in [9.17, 15) is 19.2 Å². The highest BCUT2D eigenvalue weighted by Crippen LogP contribution is 2.42. The van der Waals surface area contributed by atoms with Gasteiger partial charge in [0.25, 0.3) is 11.8 Å². The standard InChI is InChI=1S/C26H24N4O4S4/c1-15-5-3-7-17(13-15)27-19(31)9-11-29-23(33)21(37-25(29)35)22-24(34)30(26(36)38-22)12-10-20(32)28-18-8-4-6-16(2)14-18/h3-8,13-14H,9-12H2,1-2H3,(H,27,31)(H,28,32)/b22-21+. The van der Waals surface area contributed by atoms with Gasteiger partial charge >= 0.3 is 0 Å². The molecule has 0 bridgehead atoms. The van der Waals surface area contributed by atoms with Crippen molar-refractivity contribution in [2.45, 2.75) is 26.7 Å². The van der Waals surface area contributed by atoms with Gasteiger partial charge in [-0.25, -0.2) is 0 Å². The predicted molar refractivity (Wildman–Crippen MR) is 160 cm³/mol. The van der Waals surface area contributed by atoms with Crippen molar-refractivity contribution >= 4 is 91.6 Å². The fourth-order valence-corrected chi connectivity index (χ4v) is 6.55. The Morgan fingerprint density at radius 1 is 0.737 bits per heavy atom. The van der Waals surface area contributed by atoms with Crippen molar-refractivity contribution in [3.63, 3.8) is 0 Å². The Bertz CT molecular complexity index is 1290. The monoisotopic (exact) mass is 584 g/mol. The number of rotatable bonds is 8. The summed E-state index contributed by atoms with van der Waals surface area (Å²) < 4.78 is 0.548. The molecule has 2 aromatic carbocycles. The van der Waals surface area contributed by atoms with Crippen LogP contribution in [0, 0.1) is 13.8 Å². The summed E-state index contributed by atoms with van der Waals surface area (Å²) in [5.41, 5.74) is 3.39. The number of nitrogens with one attached hydrogen (secondary N) is 2. The second-order valence-electron chi connectivity index (χ2n) is 8.64. The first-order chi connectivity index (χ1) is 18.1. The summed E-state index contributed by atoms with van der Waals surface area (Å²) in [4.78, 5) is 54.1. The normalized spacial score (nSPS) is 17.4. The first-order valence-corrected chi connectivity index (χ1v) is 14.1. The van der Waals surface area contributed by atoms with Gasteiger partial charge in [0, 0.05) is 37.3 Å². The summed E-state index contributed by atoms with van der Waals surface area (Å²) in [6.07, 6.45) is 0.0926. The van der Waals surface area contributed by atoms with E-state index in [4.69, 9.17) is 24.4 Å². The molecule has 0 aliphatic carbocycles. The summed E-state index contributed by atoms with van der Waals surface area (Å²) in [6.45, 7) is 4.04. The van der Waals surface area contributed by atoms with E-state index < -0.39 is 11.8 Å². The third-order valence-electron chi connectivity index (χ3n) is 5.63. The van der Waals surface area contributed by atoms with Crippen molar-refractivity contribution in [2.75, 3.05) is 23.7 Å². The largest absolute Gasteiger partial charge is 0.326 e. The number of thiocarbonyl (C=S) groups is 2. The maximum Gasteiger partial charge on any atom is 0.267 e. The number of hydrogen-bond donors (Lipinski definition) is 2. The molecule has 12 heteroatoms. The molecule has 4 amide bonds. The van der Waals surface area contributed by atoms with E-state index in [1.807, 2.05) is 50.2 Å². The molecule has 8 nitrogen and oxygen atoms in total. The summed E-state index contributed by atoms with van der Waals surface area (Å²) >= 11 is 12.8. The Kier molecular flexibility index (Phi) is 8.98. The van der Waals surface area contributed by atoms with Crippen LogP contribution in [0.15, 0.2) is 58.3 Å². The van der Waals surface area contributed by atoms with Crippen LogP contribution in [0.25, 0.3) is 0 Å². The Morgan fingerprint density at radius 2 is 1.13 bits per heavy atom. The number of aryl methyl sites for hydroxylation is 2. The molecule has 0 saturated carbocycles. The van der Waals surface area contributed by atoms with Crippen LogP contribution in [0.4, 0.5) is 11.4 Å². The zero-order valence-corrected chi connectivity index (χ0v) is 23.9. The molecule has 2 saturated heterocycles. The van der Waals surface area contributed by atoms with Crippen LogP contribution in [0.2, 0.25) is 0 Å². The number of benzene rings is 2. The van der Waals surface area contributed by atoms with Gasteiger partial charge in [-0.3, -0.25) is 29.0 Å². The molecule has 196 valence electrons. The van der Waals surface area contributed by atoms with Gasteiger partial charge in [0.05, 0.1) is 9.81 Å². The van der Waals surface area contributed by atoms with Gasteiger partial charge in [0.1, 0.15) is 8.64 Å². The lowest BCUT2D eigenvalue weighted by Crippen LogP contribution is -2.33. The molecule has 2 N–H and O–H groups in total. The van der Waals surface area contributed by atoms with E-state index in [0.717, 1.165) is 34.7 Å². The third kappa shape index (κ3) is 6.68. The average molecular weight is 585 g/mol. The number of hydrogen-bond acceptors (Lipinski definition) is 8. The third-order valence-corrected chi connectivity index (χ3v) is 8.66. The zero-order chi connectivity index (χ0) is 27.4. The van der Waals surface area contributed by atoms with Crippen LogP contribution in [0.5, 0.6) is 0 Å². The second-order valence-corrected chi connectivity index (χ2v) is 11.9. The van der Waals surface area contributed by atoms with Crippen LogP contribution in [0.1, 0.15) is 24.0 Å². The Morgan fingerprint density at radius 3 is 1.50 bits per heavy atom. The molecule has 4 rings (SSSR count). The molecular formula is C26H24N4O4S4. The highest BCUT2D eigenvalue weighted by molar-refractivity contribution is 8.29. The van der Waals surface area contributed by atoms with Crippen LogP contribution < -0.4 is 10.6 Å². The molecule has 2 aliphatic rings. The maximum atomic E-state index is 13.1. The highest BCUT2D eigenvalue weighted by Gasteiger charge is 2.42. The predicted octanol–water partition coefficient (Wildman–Crippen LogP) is 4.59. The summed E-state index contributed by atoms with van der Waals surface area (Å²) in [6, 6.07) is 14.8. The molecule has 2 aliphatic heterocycles. The van der Waals surface area contributed by atoms with E-state index in [1.165, 1.54) is 9.80 Å². The molecule has 0 unspecified atom stereocenters. The zero-order valence-electron chi connectivity index (χ0n) is 20.6. The molecule has 2 heterocycles. The molecule has 0 spiro atoms. The minimum absolute atomic E-state index is 0.0463. The van der Waals surface area contributed by atoms with E-state index in [0.29, 0.717) is 11.4 Å². The quantitative estimate of drug-likeness (QED) is 0.343. The topological polar surface area (TPSA) is 98.8 Å². The second kappa shape index (κ2) is 12.2. The van der Waals surface area contributed by atoms with Gasteiger partial charge in [-0.05, 0) is 49.2 Å². The summed E-state index contributed by atoms with van der Waals surface area (Å²) in [5.74, 6) is -1.36. The molecule has 0 atom stereocenters. The number of anilines is 2. The lowest BCUT2D eigenvalue weighted by atomic mass is 10.2. The number of nitrogens with zero attached hydrogens (tertiary/aromatic N) is 2. The molecule has 0 aromatic heterocycles. The van der Waals surface area contributed by atoms with Gasteiger partial charge in [-0.2, -0.15) is 0 Å². The molecular weight excluding hydrogens is 561 g/mol. The average Bonchev–Trinajstić information content (AvgIpc) is 3.29. The molecule has 2 fully saturated rings. The van der Waals surface area contributed by atoms with Crippen LogP contribution in [-0.4, -0.2) is 55.2 Å². The Labute approximate surface area is 239 Å².